The average Bonchev–Trinajstić information content (AvgIpc) is 2.78. The number of piperidine rings is 1. The Morgan fingerprint density at radius 2 is 1.81 bits per heavy atom. The third-order valence-corrected chi connectivity index (χ3v) is 8.77. The maximum absolute atomic E-state index is 12.9. The van der Waals surface area contributed by atoms with Crippen molar-refractivity contribution in [1.82, 2.24) is 9.62 Å². The normalized spacial score (nSPS) is 18.7. The second-order valence-electron chi connectivity index (χ2n) is 9.02. The van der Waals surface area contributed by atoms with Gasteiger partial charge >= 0.3 is 0 Å². The lowest BCUT2D eigenvalue weighted by Crippen LogP contribution is -2.43. The number of hydrogen-bond acceptors (Lipinski definition) is 3. The van der Waals surface area contributed by atoms with Crippen molar-refractivity contribution in [1.29, 1.82) is 0 Å². The lowest BCUT2D eigenvalue weighted by molar-refractivity contribution is -0.126. The SMILES string of the molecule is C[C@@H](NC(=O)C1CCN(S(=O)(=O)Cc2cccc(Cl)c2)CC1)c1ccc2c(c1)CCCC2. The Kier molecular flexibility index (Phi) is 7.23. The van der Waals surface area contributed by atoms with Crippen molar-refractivity contribution in [3.8, 4) is 0 Å². The molecule has 1 fully saturated rings. The molecule has 0 bridgehead atoms. The number of amides is 1. The third-order valence-electron chi connectivity index (χ3n) is 6.69. The van der Waals surface area contributed by atoms with Crippen LogP contribution in [0.3, 0.4) is 0 Å². The van der Waals surface area contributed by atoms with Gasteiger partial charge in [0.1, 0.15) is 0 Å². The van der Waals surface area contributed by atoms with E-state index in [0.29, 0.717) is 36.5 Å². The van der Waals surface area contributed by atoms with Crippen molar-refractivity contribution >= 4 is 27.5 Å². The fourth-order valence-corrected chi connectivity index (χ4v) is 6.53. The highest BCUT2D eigenvalue weighted by Crippen LogP contribution is 2.26. The van der Waals surface area contributed by atoms with E-state index in [9.17, 15) is 13.2 Å². The van der Waals surface area contributed by atoms with Crippen LogP contribution in [0, 0.1) is 5.92 Å². The second-order valence-corrected chi connectivity index (χ2v) is 11.4. The molecule has 4 rings (SSSR count). The van der Waals surface area contributed by atoms with Gasteiger partial charge in [0.15, 0.2) is 0 Å². The molecule has 7 heteroatoms. The van der Waals surface area contributed by atoms with Gasteiger partial charge in [-0.3, -0.25) is 4.79 Å². The summed E-state index contributed by atoms with van der Waals surface area (Å²) in [4.78, 5) is 12.9. The molecule has 0 saturated carbocycles. The van der Waals surface area contributed by atoms with Gasteiger partial charge in [-0.1, -0.05) is 41.9 Å². The number of carbonyl (C=O) groups excluding carboxylic acids is 1. The summed E-state index contributed by atoms with van der Waals surface area (Å²) >= 11 is 5.98. The van der Waals surface area contributed by atoms with E-state index < -0.39 is 10.0 Å². The van der Waals surface area contributed by atoms with Crippen LogP contribution in [0.4, 0.5) is 0 Å². The van der Waals surface area contributed by atoms with Crippen molar-refractivity contribution < 1.29 is 13.2 Å². The topological polar surface area (TPSA) is 66.5 Å². The molecule has 5 nitrogen and oxygen atoms in total. The molecule has 1 amide bonds. The largest absolute Gasteiger partial charge is 0.349 e. The molecule has 1 saturated heterocycles. The molecule has 2 aliphatic rings. The number of nitrogens with zero attached hydrogens (tertiary/aromatic N) is 1. The zero-order valence-corrected chi connectivity index (χ0v) is 20.1. The zero-order chi connectivity index (χ0) is 22.7. The van der Waals surface area contributed by atoms with Crippen LogP contribution in [0.25, 0.3) is 0 Å². The number of sulfonamides is 1. The van der Waals surface area contributed by atoms with Gasteiger partial charge in [-0.25, -0.2) is 12.7 Å². The Bertz CT molecular complexity index is 1080. The first-order valence-corrected chi connectivity index (χ1v) is 13.4. The number of fused-ring (bicyclic) bond motifs is 1. The number of benzene rings is 2. The molecule has 2 aromatic carbocycles. The smallest absolute Gasteiger partial charge is 0.223 e. The van der Waals surface area contributed by atoms with E-state index in [2.05, 4.69) is 23.5 Å². The molecule has 0 spiro atoms. The summed E-state index contributed by atoms with van der Waals surface area (Å²) in [6.45, 7) is 2.76. The maximum Gasteiger partial charge on any atom is 0.223 e. The molecule has 32 heavy (non-hydrogen) atoms. The quantitative estimate of drug-likeness (QED) is 0.663. The molecule has 0 unspecified atom stereocenters. The number of hydrogen-bond donors (Lipinski definition) is 1. The van der Waals surface area contributed by atoms with E-state index in [4.69, 9.17) is 11.6 Å². The van der Waals surface area contributed by atoms with Crippen LogP contribution in [0.5, 0.6) is 0 Å². The zero-order valence-electron chi connectivity index (χ0n) is 18.5. The van der Waals surface area contributed by atoms with Crippen LogP contribution in [0.1, 0.15) is 60.9 Å². The van der Waals surface area contributed by atoms with Gasteiger partial charge in [-0.05, 0) is 79.8 Å². The van der Waals surface area contributed by atoms with Gasteiger partial charge in [-0.2, -0.15) is 0 Å². The Hall–Kier alpha value is -1.89. The monoisotopic (exact) mass is 474 g/mol. The minimum atomic E-state index is -3.43. The number of aryl methyl sites for hydroxylation is 2. The lowest BCUT2D eigenvalue weighted by Gasteiger charge is -2.31. The second kappa shape index (κ2) is 9.94. The number of halogens is 1. The molecular weight excluding hydrogens is 444 g/mol. The molecule has 1 atom stereocenters. The number of nitrogens with one attached hydrogen (secondary N) is 1. The summed E-state index contributed by atoms with van der Waals surface area (Å²) in [5.41, 5.74) is 4.66. The van der Waals surface area contributed by atoms with Crippen molar-refractivity contribution in [3.05, 3.63) is 69.7 Å². The van der Waals surface area contributed by atoms with Crippen LogP contribution in [-0.2, 0) is 33.4 Å². The van der Waals surface area contributed by atoms with Crippen LogP contribution in [0.15, 0.2) is 42.5 Å². The Morgan fingerprint density at radius 3 is 2.53 bits per heavy atom. The van der Waals surface area contributed by atoms with Crippen molar-refractivity contribution in [2.24, 2.45) is 5.92 Å². The minimum Gasteiger partial charge on any atom is -0.349 e. The fraction of sp³-hybridized carbons (Fsp3) is 0.480. The minimum absolute atomic E-state index is 0.0158. The van der Waals surface area contributed by atoms with Crippen LogP contribution in [0.2, 0.25) is 5.02 Å². The van der Waals surface area contributed by atoms with Crippen LogP contribution in [-0.4, -0.2) is 31.7 Å². The number of rotatable bonds is 6. The Labute approximate surface area is 196 Å². The highest BCUT2D eigenvalue weighted by atomic mass is 35.5. The summed E-state index contributed by atoms with van der Waals surface area (Å²) < 4.78 is 27.1. The molecular formula is C25H31ClN2O3S. The first-order chi connectivity index (χ1) is 15.3. The predicted molar refractivity (Wildman–Crippen MR) is 128 cm³/mol. The van der Waals surface area contributed by atoms with Gasteiger partial charge < -0.3 is 5.32 Å². The molecule has 0 radical (unpaired) electrons. The van der Waals surface area contributed by atoms with Gasteiger partial charge in [0.25, 0.3) is 0 Å². The van der Waals surface area contributed by atoms with Crippen LogP contribution >= 0.6 is 11.6 Å². The van der Waals surface area contributed by atoms with E-state index in [1.54, 1.807) is 24.3 Å². The maximum atomic E-state index is 12.9. The molecule has 1 aliphatic carbocycles. The highest BCUT2D eigenvalue weighted by molar-refractivity contribution is 7.88. The van der Waals surface area contributed by atoms with E-state index >= 15 is 0 Å². The molecule has 2 aromatic rings. The van der Waals surface area contributed by atoms with Crippen molar-refractivity contribution in [2.45, 2.75) is 57.2 Å². The van der Waals surface area contributed by atoms with E-state index in [0.717, 1.165) is 18.4 Å². The van der Waals surface area contributed by atoms with E-state index in [-0.39, 0.29) is 23.6 Å². The highest BCUT2D eigenvalue weighted by Gasteiger charge is 2.31. The molecule has 1 N–H and O–H groups in total. The standard InChI is InChI=1S/C25H31ClN2O3S/c1-18(22-10-9-20-6-2-3-7-23(20)16-22)27-25(29)21-11-13-28(14-12-21)32(30,31)17-19-5-4-8-24(26)15-19/h4-5,8-10,15-16,18,21H,2-3,6-7,11-14,17H2,1H3,(H,27,29)/t18-/m1/s1. The third kappa shape index (κ3) is 5.53. The molecule has 0 aromatic heterocycles. The summed E-state index contributed by atoms with van der Waals surface area (Å²) in [6.07, 6.45) is 5.83. The first-order valence-electron chi connectivity index (χ1n) is 11.5. The summed E-state index contributed by atoms with van der Waals surface area (Å²) in [5.74, 6) is -0.213. The fourth-order valence-electron chi connectivity index (χ4n) is 4.76. The van der Waals surface area contributed by atoms with Gasteiger partial charge in [0.05, 0.1) is 11.8 Å². The number of carbonyl (C=O) groups is 1. The summed E-state index contributed by atoms with van der Waals surface area (Å²) in [7, 11) is -3.43. The van der Waals surface area contributed by atoms with Crippen LogP contribution < -0.4 is 5.32 Å². The lowest BCUT2D eigenvalue weighted by atomic mass is 9.89. The first kappa shape index (κ1) is 23.3. The summed E-state index contributed by atoms with van der Waals surface area (Å²) in [5, 5.41) is 3.68. The van der Waals surface area contributed by atoms with Gasteiger partial charge in [0, 0.05) is 24.0 Å². The van der Waals surface area contributed by atoms with E-state index in [1.165, 1.54) is 28.3 Å². The molecule has 172 valence electrons. The molecule has 1 heterocycles. The predicted octanol–water partition coefficient (Wildman–Crippen LogP) is 4.64. The Balaban J connectivity index is 1.31. The Morgan fingerprint density at radius 1 is 1.09 bits per heavy atom. The summed E-state index contributed by atoms with van der Waals surface area (Å²) in [6, 6.07) is 13.5. The average molecular weight is 475 g/mol. The molecule has 1 aliphatic heterocycles. The van der Waals surface area contributed by atoms with E-state index in [1.807, 2.05) is 6.92 Å². The van der Waals surface area contributed by atoms with Gasteiger partial charge in [-0.15, -0.1) is 0 Å². The van der Waals surface area contributed by atoms with Crippen molar-refractivity contribution in [3.63, 3.8) is 0 Å². The van der Waals surface area contributed by atoms with Gasteiger partial charge in [0.2, 0.25) is 15.9 Å². The van der Waals surface area contributed by atoms with Crippen molar-refractivity contribution in [2.75, 3.05) is 13.1 Å².